The fourth-order valence-corrected chi connectivity index (χ4v) is 3.07. The molecule has 0 saturated heterocycles. The Morgan fingerprint density at radius 1 is 1.06 bits per heavy atom. The zero-order valence-electron chi connectivity index (χ0n) is 16.3. The summed E-state index contributed by atoms with van der Waals surface area (Å²) in [4.78, 5) is 42.1. The average Bonchev–Trinajstić information content (AvgIpc) is 3.12. The second-order valence-corrected chi connectivity index (χ2v) is 6.86. The van der Waals surface area contributed by atoms with Crippen molar-refractivity contribution < 1.29 is 24.6 Å². The minimum atomic E-state index is -1.29. The Bertz CT molecular complexity index is 1130. The van der Waals surface area contributed by atoms with Crippen LogP contribution in [0.3, 0.4) is 0 Å². The molecule has 0 unspecified atom stereocenters. The largest absolute Gasteiger partial charge is 0.481 e. The molecule has 8 N–H and O–H groups in total. The van der Waals surface area contributed by atoms with Crippen LogP contribution in [0.4, 0.5) is 11.8 Å². The number of hydrogen-bond acceptors (Lipinski definition) is 8. The number of aromatic nitrogens is 4. The molecule has 0 bridgehead atoms. The number of hydrogen-bond donors (Lipinski definition) is 6. The van der Waals surface area contributed by atoms with Gasteiger partial charge in [-0.25, -0.2) is 4.79 Å². The number of aliphatic carboxylic acids is 2. The third kappa shape index (κ3) is 5.23. The quantitative estimate of drug-likeness (QED) is 0.276. The third-order valence-electron chi connectivity index (χ3n) is 4.66. The van der Waals surface area contributed by atoms with Gasteiger partial charge in [0.2, 0.25) is 5.95 Å². The number of carbonyl (C=O) groups is 3. The summed E-state index contributed by atoms with van der Waals surface area (Å²) in [5.41, 5.74) is 13.8. The Morgan fingerprint density at radius 2 is 1.77 bits per heavy atom. The van der Waals surface area contributed by atoms with E-state index < -0.39 is 23.9 Å². The number of rotatable bonds is 9. The van der Waals surface area contributed by atoms with E-state index in [1.807, 2.05) is 0 Å². The lowest BCUT2D eigenvalue weighted by molar-refractivity contribution is -0.140. The number of carboxylic acid groups (broad SMARTS) is 2. The van der Waals surface area contributed by atoms with Crippen LogP contribution in [-0.2, 0) is 22.4 Å². The molecule has 0 aliphatic carbocycles. The number of nitrogens with one attached hydrogen (secondary N) is 2. The van der Waals surface area contributed by atoms with Crippen LogP contribution in [-0.4, -0.2) is 54.3 Å². The summed E-state index contributed by atoms with van der Waals surface area (Å²) >= 11 is 0. The van der Waals surface area contributed by atoms with Gasteiger partial charge in [0.15, 0.2) is 5.65 Å². The molecule has 0 fully saturated rings. The van der Waals surface area contributed by atoms with Crippen molar-refractivity contribution in [1.82, 2.24) is 25.5 Å². The highest BCUT2D eigenvalue weighted by Gasteiger charge is 2.21. The third-order valence-corrected chi connectivity index (χ3v) is 4.66. The van der Waals surface area contributed by atoms with E-state index in [9.17, 15) is 14.4 Å². The first kappa shape index (κ1) is 21.5. The van der Waals surface area contributed by atoms with Gasteiger partial charge in [-0.15, -0.1) is 0 Å². The molecule has 1 atom stereocenters. The Hall–Kier alpha value is -4.22. The van der Waals surface area contributed by atoms with Gasteiger partial charge in [-0.2, -0.15) is 15.1 Å². The van der Waals surface area contributed by atoms with Gasteiger partial charge in [-0.1, -0.05) is 12.1 Å². The number of nitrogens with zero attached hydrogens (tertiary/aromatic N) is 3. The normalized spacial score (nSPS) is 11.9. The molecule has 12 nitrogen and oxygen atoms in total. The molecule has 31 heavy (non-hydrogen) atoms. The molecule has 12 heteroatoms. The van der Waals surface area contributed by atoms with Crippen molar-refractivity contribution in [3.05, 3.63) is 41.1 Å². The molecule has 3 rings (SSSR count). The number of nitrogen functional groups attached to an aromatic ring is 2. The summed E-state index contributed by atoms with van der Waals surface area (Å²) < 4.78 is 0. The highest BCUT2D eigenvalue weighted by molar-refractivity contribution is 5.96. The second kappa shape index (κ2) is 9.07. The van der Waals surface area contributed by atoms with Gasteiger partial charge in [0.25, 0.3) is 5.91 Å². The first-order chi connectivity index (χ1) is 14.7. The van der Waals surface area contributed by atoms with Crippen LogP contribution in [0.2, 0.25) is 0 Å². The van der Waals surface area contributed by atoms with Crippen LogP contribution < -0.4 is 16.8 Å². The van der Waals surface area contributed by atoms with E-state index in [-0.39, 0.29) is 30.2 Å². The first-order valence-electron chi connectivity index (χ1n) is 9.35. The van der Waals surface area contributed by atoms with Crippen LogP contribution in [0.5, 0.6) is 0 Å². The van der Waals surface area contributed by atoms with Crippen LogP contribution in [0, 0.1) is 0 Å². The average molecular weight is 427 g/mol. The number of nitrogens with two attached hydrogens (primary N) is 2. The van der Waals surface area contributed by atoms with Gasteiger partial charge in [0.1, 0.15) is 11.9 Å². The number of benzene rings is 1. The lowest BCUT2D eigenvalue weighted by Crippen LogP contribution is -2.41. The maximum absolute atomic E-state index is 12.3. The van der Waals surface area contributed by atoms with E-state index in [0.717, 1.165) is 11.3 Å². The number of fused-ring (bicyclic) bond motifs is 1. The van der Waals surface area contributed by atoms with E-state index in [4.69, 9.17) is 21.7 Å². The highest BCUT2D eigenvalue weighted by atomic mass is 16.4. The van der Waals surface area contributed by atoms with Crippen LogP contribution in [0.15, 0.2) is 24.3 Å². The molecule has 2 heterocycles. The number of aryl methyl sites for hydroxylation is 2. The Morgan fingerprint density at radius 3 is 2.42 bits per heavy atom. The maximum Gasteiger partial charge on any atom is 0.326 e. The Kier molecular flexibility index (Phi) is 6.29. The predicted molar refractivity (Wildman–Crippen MR) is 110 cm³/mol. The lowest BCUT2D eigenvalue weighted by Gasteiger charge is -2.13. The van der Waals surface area contributed by atoms with Gasteiger partial charge < -0.3 is 27.0 Å². The Balaban J connectivity index is 1.63. The van der Waals surface area contributed by atoms with Crippen LogP contribution >= 0.6 is 0 Å². The lowest BCUT2D eigenvalue weighted by atomic mass is 10.0. The monoisotopic (exact) mass is 427 g/mol. The Labute approximate surface area is 175 Å². The molecular weight excluding hydrogens is 406 g/mol. The first-order valence-corrected chi connectivity index (χ1v) is 9.35. The zero-order valence-corrected chi connectivity index (χ0v) is 16.3. The van der Waals surface area contributed by atoms with E-state index in [0.29, 0.717) is 23.9 Å². The van der Waals surface area contributed by atoms with Crippen molar-refractivity contribution in [2.24, 2.45) is 0 Å². The molecule has 0 radical (unpaired) electrons. The molecular formula is C19H21N7O5. The summed E-state index contributed by atoms with van der Waals surface area (Å²) in [6, 6.07) is 5.36. The number of aromatic amines is 1. The fourth-order valence-electron chi connectivity index (χ4n) is 3.07. The van der Waals surface area contributed by atoms with Crippen molar-refractivity contribution in [2.45, 2.75) is 31.7 Å². The summed E-state index contributed by atoms with van der Waals surface area (Å²) in [6.45, 7) is 0. The smallest absolute Gasteiger partial charge is 0.326 e. The standard InChI is InChI=1S/C19H21N7O5/c20-15-14-11(25-26-16(14)24-19(21)23-15)6-3-9-1-4-10(5-2-9)17(29)22-12(18(30)31)7-8-13(27)28/h1-2,4-5,12H,3,6-8H2,(H,22,29)(H,27,28)(H,30,31)(H5,20,21,23,24,25,26)/t12-/m0/s1. The van der Waals surface area contributed by atoms with Crippen LogP contribution in [0.1, 0.15) is 34.5 Å². The predicted octanol–water partition coefficient (Wildman–Crippen LogP) is 0.350. The zero-order chi connectivity index (χ0) is 22.5. The number of carboxylic acids is 2. The number of anilines is 2. The van der Waals surface area contributed by atoms with Crippen molar-refractivity contribution in [2.75, 3.05) is 11.5 Å². The summed E-state index contributed by atoms with van der Waals surface area (Å²) in [5.74, 6) is -2.72. The fraction of sp³-hybridized carbons (Fsp3) is 0.263. The van der Waals surface area contributed by atoms with E-state index in [1.165, 1.54) is 0 Å². The summed E-state index contributed by atoms with van der Waals surface area (Å²) in [6.07, 6.45) is 0.612. The highest BCUT2D eigenvalue weighted by Crippen LogP contribution is 2.22. The van der Waals surface area contributed by atoms with Gasteiger partial charge in [-0.3, -0.25) is 14.7 Å². The van der Waals surface area contributed by atoms with Gasteiger partial charge in [-0.05, 0) is 37.0 Å². The molecule has 1 amide bonds. The molecule has 0 spiro atoms. The molecule has 2 aromatic heterocycles. The molecule has 0 aliphatic rings. The van der Waals surface area contributed by atoms with Gasteiger partial charge >= 0.3 is 11.9 Å². The molecule has 1 aromatic carbocycles. The van der Waals surface area contributed by atoms with Gasteiger partial charge in [0, 0.05) is 17.7 Å². The number of H-pyrrole nitrogens is 1. The second-order valence-electron chi connectivity index (χ2n) is 6.86. The van der Waals surface area contributed by atoms with E-state index >= 15 is 0 Å². The minimum Gasteiger partial charge on any atom is -0.481 e. The van der Waals surface area contributed by atoms with Crippen molar-refractivity contribution in [3.63, 3.8) is 0 Å². The summed E-state index contributed by atoms with van der Waals surface area (Å²) in [7, 11) is 0. The summed E-state index contributed by atoms with van der Waals surface area (Å²) in [5, 5.41) is 27.8. The molecule has 3 aromatic rings. The van der Waals surface area contributed by atoms with E-state index in [2.05, 4.69) is 25.5 Å². The molecule has 162 valence electrons. The minimum absolute atomic E-state index is 0.0463. The number of carbonyl (C=O) groups excluding carboxylic acids is 1. The van der Waals surface area contributed by atoms with Crippen LogP contribution in [0.25, 0.3) is 11.0 Å². The van der Waals surface area contributed by atoms with Crippen molar-refractivity contribution in [1.29, 1.82) is 0 Å². The number of amides is 1. The topological polar surface area (TPSA) is 210 Å². The van der Waals surface area contributed by atoms with E-state index in [1.54, 1.807) is 24.3 Å². The molecule has 0 saturated carbocycles. The maximum atomic E-state index is 12.3. The van der Waals surface area contributed by atoms with Crippen molar-refractivity contribution >= 4 is 40.6 Å². The molecule has 0 aliphatic heterocycles. The van der Waals surface area contributed by atoms with Crippen molar-refractivity contribution in [3.8, 4) is 0 Å². The van der Waals surface area contributed by atoms with Gasteiger partial charge in [0.05, 0.1) is 5.39 Å². The SMILES string of the molecule is Nc1nc(N)c2c(CCc3ccc(C(=O)N[C@@H](CCC(=O)O)C(=O)O)cc3)[nH]nc2n1.